The minimum absolute atomic E-state index is 0.0105. The molecular formula is C16H14FN3O2. The van der Waals surface area contributed by atoms with Gasteiger partial charge in [-0.2, -0.15) is 0 Å². The van der Waals surface area contributed by atoms with Gasteiger partial charge in [0.05, 0.1) is 17.5 Å². The van der Waals surface area contributed by atoms with E-state index in [-0.39, 0.29) is 18.1 Å². The van der Waals surface area contributed by atoms with E-state index in [1.807, 2.05) is 0 Å². The maximum atomic E-state index is 12.9. The molecule has 0 spiro atoms. The Morgan fingerprint density at radius 3 is 2.64 bits per heavy atom. The molecule has 0 radical (unpaired) electrons. The van der Waals surface area contributed by atoms with Gasteiger partial charge in [0.15, 0.2) is 0 Å². The zero-order valence-electron chi connectivity index (χ0n) is 11.9. The van der Waals surface area contributed by atoms with Crippen molar-refractivity contribution >= 4 is 22.6 Å². The molecule has 0 saturated carbocycles. The van der Waals surface area contributed by atoms with Gasteiger partial charge in [0.1, 0.15) is 5.82 Å². The van der Waals surface area contributed by atoms with Crippen LogP contribution in [0.4, 0.5) is 10.1 Å². The van der Waals surface area contributed by atoms with E-state index in [1.165, 1.54) is 24.3 Å². The number of benzene rings is 2. The van der Waals surface area contributed by atoms with Crippen molar-refractivity contribution in [2.75, 3.05) is 5.73 Å². The van der Waals surface area contributed by atoms with E-state index in [9.17, 15) is 14.0 Å². The fraction of sp³-hybridized carbons (Fsp3) is 0.125. The van der Waals surface area contributed by atoms with Gasteiger partial charge in [0.2, 0.25) is 5.91 Å². The lowest BCUT2D eigenvalue weighted by Crippen LogP contribution is -2.25. The van der Waals surface area contributed by atoms with Gasteiger partial charge in [-0.25, -0.2) is 13.8 Å². The number of nitrogens with one attached hydrogen (secondary N) is 1. The number of aromatic nitrogens is 2. The average Bonchev–Trinajstić information content (AvgIpc) is 2.77. The Kier molecular flexibility index (Phi) is 3.29. The lowest BCUT2D eigenvalue weighted by molar-refractivity contribution is 0.0915. The van der Waals surface area contributed by atoms with Crippen LogP contribution >= 0.6 is 0 Å². The molecule has 3 aromatic rings. The third-order valence-corrected chi connectivity index (χ3v) is 3.59. The van der Waals surface area contributed by atoms with Gasteiger partial charge >= 0.3 is 5.69 Å². The topological polar surface area (TPSA) is 80.9 Å². The number of halogens is 1. The van der Waals surface area contributed by atoms with Crippen LogP contribution in [0.3, 0.4) is 0 Å². The Morgan fingerprint density at radius 1 is 1.27 bits per heavy atom. The molecule has 5 nitrogen and oxygen atoms in total. The molecule has 2 aromatic carbocycles. The fourth-order valence-electron chi connectivity index (χ4n) is 2.38. The largest absolute Gasteiger partial charge is 0.398 e. The van der Waals surface area contributed by atoms with Crippen LogP contribution in [0.15, 0.2) is 41.2 Å². The lowest BCUT2D eigenvalue weighted by atomic mass is 10.1. The van der Waals surface area contributed by atoms with Gasteiger partial charge in [-0.05, 0) is 42.3 Å². The smallest absolute Gasteiger partial charge is 0.333 e. The number of hydrogen-bond acceptors (Lipinski definition) is 3. The summed E-state index contributed by atoms with van der Waals surface area (Å²) >= 11 is 0. The Labute approximate surface area is 125 Å². The molecule has 112 valence electrons. The van der Waals surface area contributed by atoms with Crippen molar-refractivity contribution in [3.63, 3.8) is 0 Å². The van der Waals surface area contributed by atoms with Crippen molar-refractivity contribution < 1.29 is 9.18 Å². The molecule has 0 saturated heterocycles. The molecule has 0 fully saturated rings. The van der Waals surface area contributed by atoms with Crippen LogP contribution in [0.1, 0.15) is 15.9 Å². The molecule has 0 amide bonds. The summed E-state index contributed by atoms with van der Waals surface area (Å²) in [5.74, 6) is -0.751. The highest BCUT2D eigenvalue weighted by molar-refractivity contribution is 5.92. The van der Waals surface area contributed by atoms with Crippen molar-refractivity contribution in [2.24, 2.45) is 0 Å². The first kappa shape index (κ1) is 14.1. The zero-order chi connectivity index (χ0) is 15.9. The number of rotatable bonds is 2. The van der Waals surface area contributed by atoms with Gasteiger partial charge in [-0.1, -0.05) is 12.1 Å². The fourth-order valence-corrected chi connectivity index (χ4v) is 2.38. The summed E-state index contributed by atoms with van der Waals surface area (Å²) in [5, 5.41) is 0. The predicted molar refractivity (Wildman–Crippen MR) is 82.4 cm³/mol. The first-order chi connectivity index (χ1) is 10.5. The number of aryl methyl sites for hydroxylation is 1. The van der Waals surface area contributed by atoms with E-state index in [1.54, 1.807) is 19.1 Å². The van der Waals surface area contributed by atoms with Crippen molar-refractivity contribution in [1.82, 2.24) is 9.55 Å². The number of fused-ring (bicyclic) bond motifs is 1. The van der Waals surface area contributed by atoms with E-state index in [2.05, 4.69) is 4.98 Å². The number of hydrogen-bond donors (Lipinski definition) is 2. The number of carbonyl (C=O) groups is 1. The monoisotopic (exact) mass is 299 g/mol. The number of nitrogens with two attached hydrogens (primary N) is 1. The molecular weight excluding hydrogens is 285 g/mol. The summed E-state index contributed by atoms with van der Waals surface area (Å²) in [6.45, 7) is 1.81. The number of nitrogens with zero attached hydrogens (tertiary/aromatic N) is 1. The van der Waals surface area contributed by atoms with Gasteiger partial charge in [0.25, 0.3) is 0 Å². The van der Waals surface area contributed by atoms with Gasteiger partial charge in [-0.3, -0.25) is 4.79 Å². The molecule has 22 heavy (non-hydrogen) atoms. The highest BCUT2D eigenvalue weighted by Crippen LogP contribution is 2.19. The summed E-state index contributed by atoms with van der Waals surface area (Å²) in [5.41, 5.74) is 8.28. The molecule has 0 atom stereocenters. The quantitative estimate of drug-likeness (QED) is 0.712. The first-order valence-corrected chi connectivity index (χ1v) is 6.74. The third kappa shape index (κ3) is 2.39. The van der Waals surface area contributed by atoms with Crippen LogP contribution in [0.25, 0.3) is 11.0 Å². The van der Waals surface area contributed by atoms with E-state index in [0.717, 1.165) is 10.1 Å². The summed E-state index contributed by atoms with van der Waals surface area (Å²) in [4.78, 5) is 27.1. The van der Waals surface area contributed by atoms with E-state index in [4.69, 9.17) is 5.73 Å². The number of carbonyl (C=O) groups excluding carboxylic acids is 1. The number of nitrogen functional groups attached to an aromatic ring is 1. The Morgan fingerprint density at radius 2 is 1.95 bits per heavy atom. The molecule has 0 aliphatic carbocycles. The Balaban J connectivity index is 2.03. The summed E-state index contributed by atoms with van der Waals surface area (Å²) in [6, 6.07) is 8.95. The van der Waals surface area contributed by atoms with E-state index >= 15 is 0 Å². The number of H-pyrrole nitrogens is 1. The van der Waals surface area contributed by atoms with E-state index < -0.39 is 5.69 Å². The zero-order valence-corrected chi connectivity index (χ0v) is 11.9. The minimum atomic E-state index is -0.507. The first-order valence-electron chi connectivity index (χ1n) is 6.74. The highest BCUT2D eigenvalue weighted by atomic mass is 19.1. The second kappa shape index (κ2) is 5.14. The van der Waals surface area contributed by atoms with E-state index in [0.29, 0.717) is 22.3 Å². The predicted octanol–water partition coefficient (Wildman–Crippen LogP) is 2.24. The van der Waals surface area contributed by atoms with Crippen LogP contribution in [-0.2, 0) is 6.42 Å². The number of imidazole rings is 1. The van der Waals surface area contributed by atoms with Gasteiger partial charge in [0, 0.05) is 5.69 Å². The molecule has 3 rings (SSSR count). The van der Waals surface area contributed by atoms with Gasteiger partial charge < -0.3 is 10.7 Å². The second-order valence-electron chi connectivity index (χ2n) is 5.19. The van der Waals surface area contributed by atoms with Gasteiger partial charge in [-0.15, -0.1) is 0 Å². The van der Waals surface area contributed by atoms with Crippen molar-refractivity contribution in [2.45, 2.75) is 13.3 Å². The lowest BCUT2D eigenvalue weighted by Gasteiger charge is -2.05. The summed E-state index contributed by atoms with van der Waals surface area (Å²) in [6.07, 6.45) is 0.0105. The third-order valence-electron chi connectivity index (χ3n) is 3.59. The van der Waals surface area contributed by atoms with Crippen molar-refractivity contribution in [3.8, 4) is 0 Å². The van der Waals surface area contributed by atoms with Crippen LogP contribution in [-0.4, -0.2) is 15.5 Å². The molecule has 6 heteroatoms. The molecule has 0 aliphatic heterocycles. The summed E-state index contributed by atoms with van der Waals surface area (Å²) in [7, 11) is 0. The SMILES string of the molecule is Cc1cc2c(cc1N)[nH]c(=O)n2C(=O)Cc1ccc(F)cc1. The minimum Gasteiger partial charge on any atom is -0.398 e. The van der Waals surface area contributed by atoms with Crippen LogP contribution < -0.4 is 11.4 Å². The summed E-state index contributed by atoms with van der Waals surface area (Å²) < 4.78 is 14.0. The van der Waals surface area contributed by atoms with Crippen LogP contribution in [0.2, 0.25) is 0 Å². The number of anilines is 1. The molecule has 0 bridgehead atoms. The van der Waals surface area contributed by atoms with Crippen molar-refractivity contribution in [3.05, 3.63) is 63.8 Å². The Bertz CT molecular complexity index is 923. The van der Waals surface area contributed by atoms with Crippen molar-refractivity contribution in [1.29, 1.82) is 0 Å². The average molecular weight is 299 g/mol. The standard InChI is InChI=1S/C16H14FN3O2/c1-9-6-14-13(8-12(9)18)19-16(22)20(14)15(21)7-10-2-4-11(17)5-3-10/h2-6,8H,7,18H2,1H3,(H,19,22). The van der Waals surface area contributed by atoms with Crippen LogP contribution in [0, 0.1) is 12.7 Å². The molecule has 1 heterocycles. The molecule has 1 aromatic heterocycles. The molecule has 3 N–H and O–H groups in total. The highest BCUT2D eigenvalue weighted by Gasteiger charge is 2.15. The number of aromatic amines is 1. The molecule has 0 unspecified atom stereocenters. The maximum Gasteiger partial charge on any atom is 0.333 e. The second-order valence-corrected chi connectivity index (χ2v) is 5.19. The normalized spacial score (nSPS) is 11.0. The van der Waals surface area contributed by atoms with Crippen LogP contribution in [0.5, 0.6) is 0 Å². The molecule has 0 aliphatic rings. The maximum absolute atomic E-state index is 12.9. The Hall–Kier alpha value is -2.89.